The van der Waals surface area contributed by atoms with Crippen molar-refractivity contribution in [3.63, 3.8) is 0 Å². The largest absolute Gasteiger partial charge is 0.493 e. The maximum absolute atomic E-state index is 11.3. The SMILES string of the molecule is COc1cc(/C=C/c2ccc3cccc(OC(C)=O)c3n2)cc(Br)c1OC(C)=O. The van der Waals surface area contributed by atoms with E-state index in [-0.39, 0.29) is 0 Å². The molecule has 1 heterocycles. The first-order valence-corrected chi connectivity index (χ1v) is 9.49. The molecule has 0 aliphatic rings. The van der Waals surface area contributed by atoms with Gasteiger partial charge in [-0.05, 0) is 51.8 Å². The van der Waals surface area contributed by atoms with Gasteiger partial charge in [0.25, 0.3) is 0 Å². The average Bonchev–Trinajstić information content (AvgIpc) is 2.67. The molecule has 0 amide bonds. The summed E-state index contributed by atoms with van der Waals surface area (Å²) in [4.78, 5) is 27.2. The number of esters is 2. The Morgan fingerprint density at radius 2 is 1.72 bits per heavy atom. The molecule has 3 rings (SSSR count). The molecule has 29 heavy (non-hydrogen) atoms. The van der Waals surface area contributed by atoms with E-state index in [1.165, 1.54) is 21.0 Å². The van der Waals surface area contributed by atoms with E-state index in [2.05, 4.69) is 20.9 Å². The maximum atomic E-state index is 11.3. The van der Waals surface area contributed by atoms with E-state index in [1.54, 1.807) is 12.1 Å². The predicted octanol–water partition coefficient (Wildman–Crippen LogP) is 5.03. The lowest BCUT2D eigenvalue weighted by Crippen LogP contribution is -2.04. The highest BCUT2D eigenvalue weighted by Gasteiger charge is 2.13. The van der Waals surface area contributed by atoms with Crippen LogP contribution in [0.1, 0.15) is 25.1 Å². The molecule has 3 aromatic rings. The first-order chi connectivity index (χ1) is 13.9. The molecule has 0 spiro atoms. The van der Waals surface area contributed by atoms with Crippen LogP contribution in [0, 0.1) is 0 Å². The number of aromatic nitrogens is 1. The predicted molar refractivity (Wildman–Crippen MR) is 114 cm³/mol. The zero-order valence-electron chi connectivity index (χ0n) is 16.1. The molecule has 1 aromatic heterocycles. The lowest BCUT2D eigenvalue weighted by molar-refractivity contribution is -0.132. The van der Waals surface area contributed by atoms with Crippen LogP contribution in [-0.2, 0) is 9.59 Å². The zero-order chi connectivity index (χ0) is 21.0. The molecule has 0 atom stereocenters. The van der Waals surface area contributed by atoms with Crippen molar-refractivity contribution >= 4 is 50.9 Å². The molecule has 0 fully saturated rings. The van der Waals surface area contributed by atoms with Gasteiger partial charge in [-0.1, -0.05) is 24.3 Å². The Morgan fingerprint density at radius 1 is 0.966 bits per heavy atom. The summed E-state index contributed by atoms with van der Waals surface area (Å²) in [6.45, 7) is 2.68. The number of carbonyl (C=O) groups excluding carboxylic acids is 2. The number of halogens is 1. The van der Waals surface area contributed by atoms with Crippen molar-refractivity contribution in [1.82, 2.24) is 4.98 Å². The first-order valence-electron chi connectivity index (χ1n) is 8.69. The number of hydrogen-bond acceptors (Lipinski definition) is 6. The standard InChI is InChI=1S/C22H18BrNO5/c1-13(25)28-19-6-4-5-16-8-10-17(24-21(16)19)9-7-15-11-18(23)22(29-14(2)26)20(12-15)27-3/h4-12H,1-3H3/b9-7+. The summed E-state index contributed by atoms with van der Waals surface area (Å²) >= 11 is 3.40. The minimum atomic E-state index is -0.434. The monoisotopic (exact) mass is 455 g/mol. The fourth-order valence-electron chi connectivity index (χ4n) is 2.73. The molecule has 0 radical (unpaired) electrons. The van der Waals surface area contributed by atoms with Crippen molar-refractivity contribution in [2.75, 3.05) is 7.11 Å². The average molecular weight is 456 g/mol. The molecule has 0 aliphatic carbocycles. The minimum absolute atomic E-state index is 0.326. The van der Waals surface area contributed by atoms with Gasteiger partial charge in [0.05, 0.1) is 17.3 Å². The highest BCUT2D eigenvalue weighted by molar-refractivity contribution is 9.10. The number of ether oxygens (including phenoxy) is 3. The third-order valence-electron chi connectivity index (χ3n) is 3.90. The molecule has 0 N–H and O–H groups in total. The van der Waals surface area contributed by atoms with Crippen molar-refractivity contribution in [2.24, 2.45) is 0 Å². The third-order valence-corrected chi connectivity index (χ3v) is 4.49. The van der Waals surface area contributed by atoms with Gasteiger partial charge in [-0.15, -0.1) is 0 Å². The number of nitrogens with zero attached hydrogens (tertiary/aromatic N) is 1. The van der Waals surface area contributed by atoms with Gasteiger partial charge in [0.2, 0.25) is 0 Å². The van der Waals surface area contributed by atoms with Gasteiger partial charge >= 0.3 is 11.9 Å². The van der Waals surface area contributed by atoms with E-state index in [0.717, 1.165) is 10.9 Å². The van der Waals surface area contributed by atoms with Crippen LogP contribution in [0.15, 0.2) is 46.9 Å². The molecule has 0 unspecified atom stereocenters. The molecule has 0 saturated heterocycles. The number of hydrogen-bond donors (Lipinski definition) is 0. The molecule has 0 aliphatic heterocycles. The van der Waals surface area contributed by atoms with Crippen molar-refractivity contribution in [1.29, 1.82) is 0 Å². The van der Waals surface area contributed by atoms with Crippen LogP contribution in [0.5, 0.6) is 17.2 Å². The Morgan fingerprint density at radius 3 is 2.41 bits per heavy atom. The number of fused-ring (bicyclic) bond motifs is 1. The summed E-state index contributed by atoms with van der Waals surface area (Å²) in [7, 11) is 1.50. The summed E-state index contributed by atoms with van der Waals surface area (Å²) in [6, 6.07) is 12.8. The molecule has 0 bridgehead atoms. The molecular formula is C22H18BrNO5. The van der Waals surface area contributed by atoms with Gasteiger partial charge in [-0.3, -0.25) is 9.59 Å². The third kappa shape index (κ3) is 5.00. The van der Waals surface area contributed by atoms with Gasteiger partial charge in [-0.2, -0.15) is 0 Å². The van der Waals surface area contributed by atoms with E-state index < -0.39 is 11.9 Å². The van der Waals surface area contributed by atoms with Crippen LogP contribution in [0.2, 0.25) is 0 Å². The number of methoxy groups -OCH3 is 1. The second-order valence-corrected chi connectivity index (χ2v) is 6.97. The van der Waals surface area contributed by atoms with E-state index in [9.17, 15) is 9.59 Å². The Balaban J connectivity index is 1.95. The van der Waals surface area contributed by atoms with Crippen molar-refractivity contribution in [2.45, 2.75) is 13.8 Å². The first kappa shape index (κ1) is 20.5. The van der Waals surface area contributed by atoms with E-state index in [1.807, 2.05) is 42.5 Å². The number of carbonyl (C=O) groups is 2. The molecule has 0 saturated carbocycles. The van der Waals surface area contributed by atoms with Gasteiger partial charge in [-0.25, -0.2) is 4.98 Å². The highest BCUT2D eigenvalue weighted by atomic mass is 79.9. The molecule has 6 nitrogen and oxygen atoms in total. The summed E-state index contributed by atoms with van der Waals surface area (Å²) in [5, 5.41) is 0.871. The minimum Gasteiger partial charge on any atom is -0.493 e. The van der Waals surface area contributed by atoms with Gasteiger partial charge in [0.15, 0.2) is 17.2 Å². The van der Waals surface area contributed by atoms with Gasteiger partial charge in [0.1, 0.15) is 5.52 Å². The summed E-state index contributed by atoms with van der Waals surface area (Å²) in [5.74, 6) is 0.339. The van der Waals surface area contributed by atoms with Gasteiger partial charge < -0.3 is 14.2 Å². The van der Waals surface area contributed by atoms with Crippen LogP contribution in [-0.4, -0.2) is 24.0 Å². The maximum Gasteiger partial charge on any atom is 0.308 e. The van der Waals surface area contributed by atoms with Crippen molar-refractivity contribution in [3.05, 3.63) is 58.2 Å². The van der Waals surface area contributed by atoms with Crippen LogP contribution in [0.4, 0.5) is 0 Å². The number of para-hydroxylation sites is 1. The van der Waals surface area contributed by atoms with Crippen LogP contribution >= 0.6 is 15.9 Å². The normalized spacial score (nSPS) is 10.9. The summed E-state index contributed by atoms with van der Waals surface area (Å²) in [5.41, 5.74) is 2.12. The molecule has 7 heteroatoms. The van der Waals surface area contributed by atoms with Crippen LogP contribution in [0.3, 0.4) is 0 Å². The molecule has 148 valence electrons. The Bertz CT molecular complexity index is 1120. The van der Waals surface area contributed by atoms with Crippen LogP contribution < -0.4 is 14.2 Å². The van der Waals surface area contributed by atoms with Crippen LogP contribution in [0.25, 0.3) is 23.1 Å². The zero-order valence-corrected chi connectivity index (χ0v) is 17.6. The molecule has 2 aromatic carbocycles. The Kier molecular flexibility index (Phi) is 6.29. The van der Waals surface area contributed by atoms with E-state index in [4.69, 9.17) is 14.2 Å². The summed E-state index contributed by atoms with van der Waals surface area (Å²) in [6.07, 6.45) is 3.68. The second kappa shape index (κ2) is 8.87. The van der Waals surface area contributed by atoms with E-state index in [0.29, 0.717) is 32.9 Å². The fraction of sp³-hybridized carbons (Fsp3) is 0.136. The van der Waals surface area contributed by atoms with Crippen molar-refractivity contribution in [3.8, 4) is 17.2 Å². The number of pyridine rings is 1. The topological polar surface area (TPSA) is 74.7 Å². The van der Waals surface area contributed by atoms with Gasteiger partial charge in [0, 0.05) is 19.2 Å². The van der Waals surface area contributed by atoms with E-state index >= 15 is 0 Å². The Labute approximate surface area is 176 Å². The smallest absolute Gasteiger partial charge is 0.308 e. The highest BCUT2D eigenvalue weighted by Crippen LogP contribution is 2.37. The summed E-state index contributed by atoms with van der Waals surface area (Å²) < 4.78 is 16.4. The quantitative estimate of drug-likeness (QED) is 0.396. The second-order valence-electron chi connectivity index (χ2n) is 6.12. The Hall–Kier alpha value is -3.19. The van der Waals surface area contributed by atoms with Crippen molar-refractivity contribution < 1.29 is 23.8 Å². The number of rotatable bonds is 5. The fourth-order valence-corrected chi connectivity index (χ4v) is 3.27. The number of benzene rings is 2. The lowest BCUT2D eigenvalue weighted by Gasteiger charge is -2.11. The lowest BCUT2D eigenvalue weighted by atomic mass is 10.1. The molecular weight excluding hydrogens is 438 g/mol.